The second-order valence-electron chi connectivity index (χ2n) is 7.31. The zero-order valence-corrected chi connectivity index (χ0v) is 18.7. The van der Waals surface area contributed by atoms with Crippen LogP contribution in [0.2, 0.25) is 0 Å². The molecule has 0 bridgehead atoms. The van der Waals surface area contributed by atoms with Gasteiger partial charge in [0, 0.05) is 0 Å². The molecule has 1 atom stereocenters. The van der Waals surface area contributed by atoms with Crippen LogP contribution in [0.4, 0.5) is 0 Å². The van der Waals surface area contributed by atoms with Crippen molar-refractivity contribution in [3.05, 3.63) is 91.0 Å². The topological polar surface area (TPSA) is 63.2 Å². The lowest BCUT2D eigenvalue weighted by Gasteiger charge is -2.28. The van der Waals surface area contributed by atoms with Gasteiger partial charge in [-0.3, -0.25) is 0 Å². The average molecular weight is 441 g/mol. The highest BCUT2D eigenvalue weighted by atomic mass is 32.2. The molecular weight excluding hydrogens is 413 g/mol. The van der Waals surface area contributed by atoms with Crippen LogP contribution in [-0.2, 0) is 14.8 Å². The minimum atomic E-state index is -3.43. The first kappa shape index (κ1) is 22.4. The number of benzene rings is 3. The average Bonchev–Trinajstić information content (AvgIpc) is 2.77. The van der Waals surface area contributed by atoms with Gasteiger partial charge in [0.05, 0.1) is 18.5 Å². The summed E-state index contributed by atoms with van der Waals surface area (Å²) in [5, 5.41) is 3.84. The van der Waals surface area contributed by atoms with E-state index in [1.54, 1.807) is 0 Å². The minimum Gasteiger partial charge on any atom is -0.302 e. The van der Waals surface area contributed by atoms with Gasteiger partial charge in [0.2, 0.25) is 10.0 Å². The highest BCUT2D eigenvalue weighted by Crippen LogP contribution is 2.55. The lowest BCUT2D eigenvalue weighted by atomic mass is 10.2. The first-order chi connectivity index (χ1) is 14.5. The molecule has 0 aliphatic rings. The Morgan fingerprint density at radius 1 is 0.800 bits per heavy atom. The molecule has 4 nitrogen and oxygen atoms in total. The second kappa shape index (κ2) is 10.1. The molecule has 3 rings (SSSR count). The molecule has 0 aliphatic carbocycles. The van der Waals surface area contributed by atoms with Gasteiger partial charge in [0.15, 0.2) is 0 Å². The largest absolute Gasteiger partial charge is 0.302 e. The maximum atomic E-state index is 11.6. The predicted molar refractivity (Wildman–Crippen MR) is 127 cm³/mol. The van der Waals surface area contributed by atoms with Crippen LogP contribution in [0.5, 0.6) is 0 Å². The molecule has 1 N–H and O–H groups in total. The van der Waals surface area contributed by atoms with Crippen molar-refractivity contribution in [3.63, 3.8) is 0 Å². The highest BCUT2D eigenvalue weighted by Gasteiger charge is 2.44. The quantitative estimate of drug-likeness (QED) is 0.390. The van der Waals surface area contributed by atoms with Crippen molar-refractivity contribution in [3.8, 4) is 0 Å². The zero-order chi connectivity index (χ0) is 21.5. The predicted octanol–water partition coefficient (Wildman–Crippen LogP) is 2.88. The van der Waals surface area contributed by atoms with E-state index in [0.717, 1.165) is 18.8 Å². The van der Waals surface area contributed by atoms with Crippen LogP contribution in [0.15, 0.2) is 91.0 Å². The fourth-order valence-electron chi connectivity index (χ4n) is 3.86. The Hall–Kier alpha value is -2.33. The molecule has 156 valence electrons. The van der Waals surface area contributed by atoms with Crippen LogP contribution in [-0.4, -0.2) is 33.2 Å². The second-order valence-corrected chi connectivity index (χ2v) is 12.7. The Morgan fingerprint density at radius 3 is 1.53 bits per heavy atom. The van der Waals surface area contributed by atoms with Crippen molar-refractivity contribution in [1.82, 2.24) is 4.72 Å². The zero-order valence-electron chi connectivity index (χ0n) is 17.0. The summed E-state index contributed by atoms with van der Waals surface area (Å²) in [4.78, 5) is 11.4. The molecule has 0 saturated carbocycles. The monoisotopic (exact) mass is 440 g/mol. The molecule has 3 aromatic rings. The van der Waals surface area contributed by atoms with Crippen molar-refractivity contribution < 1.29 is 13.2 Å². The van der Waals surface area contributed by atoms with Crippen LogP contribution in [0.1, 0.15) is 12.8 Å². The van der Waals surface area contributed by atoms with Gasteiger partial charge in [-0.25, -0.2) is 13.1 Å². The Balaban J connectivity index is 2.02. The summed E-state index contributed by atoms with van der Waals surface area (Å²) in [7, 11) is -5.39. The Morgan fingerprint density at radius 2 is 1.20 bits per heavy atom. The van der Waals surface area contributed by atoms with E-state index < -0.39 is 23.3 Å². The summed E-state index contributed by atoms with van der Waals surface area (Å²) >= 11 is 0. The van der Waals surface area contributed by atoms with E-state index in [4.69, 9.17) is 0 Å². The van der Waals surface area contributed by atoms with Gasteiger partial charge < -0.3 is 4.79 Å². The first-order valence-corrected chi connectivity index (χ1v) is 13.8. The Kier molecular flexibility index (Phi) is 7.54. The number of rotatable bonds is 10. The fourth-order valence-corrected chi connectivity index (χ4v) is 8.95. The van der Waals surface area contributed by atoms with Crippen molar-refractivity contribution in [2.45, 2.75) is 18.9 Å². The molecule has 0 radical (unpaired) electrons. The third kappa shape index (κ3) is 5.42. The fraction of sp³-hybridized carbons (Fsp3) is 0.208. The summed E-state index contributed by atoms with van der Waals surface area (Å²) in [5.41, 5.74) is 0. The van der Waals surface area contributed by atoms with E-state index in [1.807, 2.05) is 18.2 Å². The summed E-state index contributed by atoms with van der Waals surface area (Å²) in [6, 6.07) is 30.8. The van der Waals surface area contributed by atoms with Crippen molar-refractivity contribution in [2.24, 2.45) is 0 Å². The number of aldehydes is 1. The third-order valence-corrected chi connectivity index (χ3v) is 10.4. The van der Waals surface area contributed by atoms with E-state index in [-0.39, 0.29) is 0 Å². The van der Waals surface area contributed by atoms with E-state index >= 15 is 0 Å². The molecule has 0 aliphatic heterocycles. The van der Waals surface area contributed by atoms with Gasteiger partial charge in [-0.15, -0.1) is 0 Å². The van der Waals surface area contributed by atoms with Gasteiger partial charge in [-0.2, -0.15) is 0 Å². The number of carbonyl (C=O) groups is 1. The van der Waals surface area contributed by atoms with E-state index in [9.17, 15) is 13.2 Å². The van der Waals surface area contributed by atoms with Gasteiger partial charge in [-0.1, -0.05) is 54.6 Å². The number of hydrogen-bond donors (Lipinski definition) is 1. The van der Waals surface area contributed by atoms with Crippen molar-refractivity contribution in [2.75, 3.05) is 12.4 Å². The van der Waals surface area contributed by atoms with Crippen LogP contribution < -0.4 is 20.6 Å². The van der Waals surface area contributed by atoms with Crippen LogP contribution in [0, 0.1) is 0 Å². The molecule has 30 heavy (non-hydrogen) atoms. The third-order valence-electron chi connectivity index (χ3n) is 5.13. The Bertz CT molecular complexity index is 945. The molecule has 0 fully saturated rings. The SMILES string of the molecule is CS(=O)(=O)NC(C=O)CCC[P+](c1ccccc1)(c1ccccc1)c1ccccc1. The number of nitrogens with one attached hydrogen (secondary N) is 1. The van der Waals surface area contributed by atoms with Crippen molar-refractivity contribution in [1.29, 1.82) is 0 Å². The van der Waals surface area contributed by atoms with Crippen LogP contribution in [0.3, 0.4) is 0 Å². The lowest BCUT2D eigenvalue weighted by Crippen LogP contribution is -2.37. The smallest absolute Gasteiger partial charge is 0.209 e. The van der Waals surface area contributed by atoms with Gasteiger partial charge in [0.1, 0.15) is 29.5 Å². The summed E-state index contributed by atoms with van der Waals surface area (Å²) < 4.78 is 25.6. The van der Waals surface area contributed by atoms with E-state index in [2.05, 4.69) is 77.5 Å². The number of carbonyl (C=O) groups excluding carboxylic acids is 1. The number of sulfonamides is 1. The molecule has 0 spiro atoms. The van der Waals surface area contributed by atoms with Crippen molar-refractivity contribution >= 4 is 39.5 Å². The van der Waals surface area contributed by atoms with Crippen LogP contribution >= 0.6 is 7.26 Å². The van der Waals surface area contributed by atoms with Gasteiger partial charge >= 0.3 is 0 Å². The maximum absolute atomic E-state index is 11.6. The minimum absolute atomic E-state index is 0.463. The first-order valence-electron chi connectivity index (χ1n) is 9.93. The van der Waals surface area contributed by atoms with E-state index in [0.29, 0.717) is 12.7 Å². The van der Waals surface area contributed by atoms with E-state index in [1.165, 1.54) is 15.9 Å². The molecule has 0 heterocycles. The molecule has 3 aromatic carbocycles. The summed E-state index contributed by atoms with van der Waals surface area (Å²) in [5.74, 6) is 0. The maximum Gasteiger partial charge on any atom is 0.209 e. The summed E-state index contributed by atoms with van der Waals surface area (Å²) in [6.45, 7) is 0. The van der Waals surface area contributed by atoms with Gasteiger partial charge in [-0.05, 0) is 49.2 Å². The molecule has 0 saturated heterocycles. The molecule has 6 heteroatoms. The molecule has 0 amide bonds. The van der Waals surface area contributed by atoms with Crippen LogP contribution in [0.25, 0.3) is 0 Å². The molecular formula is C24H27NO3PS+. The molecule has 0 aromatic heterocycles. The normalized spacial score (nSPS) is 13.0. The lowest BCUT2D eigenvalue weighted by molar-refractivity contribution is -0.109. The Labute approximate surface area is 179 Å². The van der Waals surface area contributed by atoms with Gasteiger partial charge in [0.25, 0.3) is 0 Å². The highest BCUT2D eigenvalue weighted by molar-refractivity contribution is 7.95. The summed E-state index contributed by atoms with van der Waals surface area (Å²) in [6.07, 6.45) is 3.80. The standard InChI is InChI=1S/C24H27NO3PS/c1-30(27,28)25-21(20-26)12-11-19-29(22-13-5-2-6-14-22,23-15-7-3-8-16-23)24-17-9-4-10-18-24/h2-10,13-18,20-21,25H,11-12,19H2,1H3/q+1. The molecule has 1 unspecified atom stereocenters. The number of hydrogen-bond acceptors (Lipinski definition) is 3.